The second-order valence-electron chi connectivity index (χ2n) is 6.01. The van der Waals surface area contributed by atoms with Crippen LogP contribution in [0, 0.1) is 5.82 Å². The van der Waals surface area contributed by atoms with Gasteiger partial charge in [-0.05, 0) is 42.0 Å². The van der Waals surface area contributed by atoms with Gasteiger partial charge in [0.1, 0.15) is 12.4 Å². The topological polar surface area (TPSA) is 56.7 Å². The van der Waals surface area contributed by atoms with Gasteiger partial charge < -0.3 is 15.5 Å². The van der Waals surface area contributed by atoms with E-state index in [1.807, 2.05) is 6.07 Å². The molecule has 8 heteroatoms. The van der Waals surface area contributed by atoms with Gasteiger partial charge in [0.05, 0.1) is 0 Å². The molecule has 0 saturated carbocycles. The van der Waals surface area contributed by atoms with Crippen molar-refractivity contribution in [1.29, 1.82) is 0 Å². The second kappa shape index (κ2) is 12.7. The monoisotopic (exact) mass is 504 g/mol. The molecule has 0 unspecified atom stereocenters. The van der Waals surface area contributed by atoms with Crippen LogP contribution >= 0.6 is 35.3 Å². The Kier molecular flexibility index (Phi) is 11.0. The first-order chi connectivity index (χ1) is 12.5. The van der Waals surface area contributed by atoms with Gasteiger partial charge in [0, 0.05) is 32.1 Å². The summed E-state index contributed by atoms with van der Waals surface area (Å²) in [6.07, 6.45) is 1.64. The lowest BCUT2D eigenvalue weighted by Gasteiger charge is -2.13. The van der Waals surface area contributed by atoms with Crippen LogP contribution in [0.1, 0.15) is 10.4 Å². The molecule has 1 amide bonds. The Labute approximate surface area is 181 Å². The smallest absolute Gasteiger partial charge is 0.243 e. The van der Waals surface area contributed by atoms with Crippen molar-refractivity contribution in [3.05, 3.63) is 58.0 Å². The number of carbonyl (C=O) groups excluding carboxylic acids is 1. The van der Waals surface area contributed by atoms with Gasteiger partial charge in [-0.1, -0.05) is 18.2 Å². The maximum Gasteiger partial charge on any atom is 0.243 e. The van der Waals surface area contributed by atoms with Crippen LogP contribution in [0.4, 0.5) is 4.39 Å². The van der Waals surface area contributed by atoms with E-state index in [1.54, 1.807) is 37.6 Å². The minimum absolute atomic E-state index is 0. The highest BCUT2D eigenvalue weighted by atomic mass is 127. The summed E-state index contributed by atoms with van der Waals surface area (Å²) in [6, 6.07) is 10.6. The molecule has 0 aliphatic heterocycles. The van der Waals surface area contributed by atoms with Crippen LogP contribution < -0.4 is 10.6 Å². The molecule has 0 spiro atoms. The van der Waals surface area contributed by atoms with Crippen molar-refractivity contribution in [3.8, 4) is 0 Å². The Morgan fingerprint density at radius 2 is 1.78 bits per heavy atom. The minimum Gasteiger partial charge on any atom is -0.356 e. The number of halogens is 2. The van der Waals surface area contributed by atoms with E-state index < -0.39 is 0 Å². The molecule has 1 heterocycles. The summed E-state index contributed by atoms with van der Waals surface area (Å²) in [5.74, 6) is 0.322. The average molecular weight is 504 g/mol. The molecule has 2 N–H and O–H groups in total. The summed E-state index contributed by atoms with van der Waals surface area (Å²) in [7, 11) is 3.42. The van der Waals surface area contributed by atoms with E-state index in [1.165, 1.54) is 21.9 Å². The number of hydrogen-bond donors (Lipinski definition) is 2. The molecule has 0 saturated heterocycles. The summed E-state index contributed by atoms with van der Waals surface area (Å²) < 4.78 is 13.0. The van der Waals surface area contributed by atoms with Gasteiger partial charge >= 0.3 is 0 Å². The normalized spacial score (nSPS) is 10.9. The summed E-state index contributed by atoms with van der Waals surface area (Å²) in [5, 5.41) is 8.55. The fourth-order valence-electron chi connectivity index (χ4n) is 2.20. The van der Waals surface area contributed by atoms with E-state index in [0.29, 0.717) is 12.5 Å². The Balaban J connectivity index is 0.00000364. The zero-order valence-electron chi connectivity index (χ0n) is 15.6. The number of nitrogens with one attached hydrogen (secondary N) is 2. The fraction of sp³-hybridized carbons (Fsp3) is 0.368. The number of likely N-dealkylation sites (N-methyl/N-ethyl adjacent to an activating group) is 1. The Morgan fingerprint density at radius 1 is 1.11 bits per heavy atom. The lowest BCUT2D eigenvalue weighted by Crippen LogP contribution is -2.40. The zero-order valence-corrected chi connectivity index (χ0v) is 18.7. The fourth-order valence-corrected chi connectivity index (χ4v) is 2.91. The van der Waals surface area contributed by atoms with E-state index in [0.717, 1.165) is 24.9 Å². The SMILES string of the molecule is CN(C)C(=O)CN=C(NCCc1ccc(F)cc1)NCCc1cccs1.I. The molecular formula is C19H26FIN4OS. The number of nitrogens with zero attached hydrogens (tertiary/aromatic N) is 2. The van der Waals surface area contributed by atoms with E-state index in [-0.39, 0.29) is 42.2 Å². The minimum atomic E-state index is -0.235. The maximum absolute atomic E-state index is 13.0. The molecule has 0 fully saturated rings. The van der Waals surface area contributed by atoms with Gasteiger partial charge in [-0.3, -0.25) is 4.79 Å². The van der Waals surface area contributed by atoms with Crippen LogP contribution in [0.5, 0.6) is 0 Å². The Bertz CT molecular complexity index is 705. The third-order valence-electron chi connectivity index (χ3n) is 3.73. The molecule has 2 aromatic rings. The number of hydrogen-bond acceptors (Lipinski definition) is 3. The number of amides is 1. The first-order valence-electron chi connectivity index (χ1n) is 8.54. The van der Waals surface area contributed by atoms with Crippen molar-refractivity contribution in [2.24, 2.45) is 4.99 Å². The van der Waals surface area contributed by atoms with Crippen LogP contribution in [0.15, 0.2) is 46.8 Å². The van der Waals surface area contributed by atoms with Gasteiger partial charge in [-0.15, -0.1) is 35.3 Å². The molecule has 0 atom stereocenters. The highest BCUT2D eigenvalue weighted by Gasteiger charge is 2.05. The van der Waals surface area contributed by atoms with Gasteiger partial charge in [-0.25, -0.2) is 9.38 Å². The molecule has 0 radical (unpaired) electrons. The summed E-state index contributed by atoms with van der Waals surface area (Å²) >= 11 is 1.72. The molecule has 1 aromatic carbocycles. The van der Waals surface area contributed by atoms with Crippen molar-refractivity contribution in [1.82, 2.24) is 15.5 Å². The lowest BCUT2D eigenvalue weighted by molar-refractivity contribution is -0.127. The van der Waals surface area contributed by atoms with E-state index in [9.17, 15) is 9.18 Å². The molecule has 0 aliphatic carbocycles. The van der Waals surface area contributed by atoms with Crippen LogP contribution in [-0.2, 0) is 17.6 Å². The van der Waals surface area contributed by atoms with E-state index in [2.05, 4.69) is 27.1 Å². The molecule has 0 aliphatic rings. The standard InChI is InChI=1S/C19H25FN4OS.HI/c1-24(2)18(25)14-23-19(22-12-10-17-4-3-13-26-17)21-11-9-15-5-7-16(20)8-6-15;/h3-8,13H,9-12,14H2,1-2H3,(H2,21,22,23);1H. The second-order valence-corrected chi connectivity index (χ2v) is 7.04. The predicted octanol–water partition coefficient (Wildman–Crippen LogP) is 2.91. The van der Waals surface area contributed by atoms with Crippen molar-refractivity contribution in [2.45, 2.75) is 12.8 Å². The number of rotatable bonds is 8. The van der Waals surface area contributed by atoms with Crippen LogP contribution in [0.25, 0.3) is 0 Å². The van der Waals surface area contributed by atoms with E-state index in [4.69, 9.17) is 0 Å². The largest absolute Gasteiger partial charge is 0.356 e. The van der Waals surface area contributed by atoms with Crippen molar-refractivity contribution < 1.29 is 9.18 Å². The van der Waals surface area contributed by atoms with Crippen molar-refractivity contribution in [2.75, 3.05) is 33.7 Å². The highest BCUT2D eigenvalue weighted by molar-refractivity contribution is 14.0. The van der Waals surface area contributed by atoms with Gasteiger partial charge in [-0.2, -0.15) is 0 Å². The molecule has 0 bridgehead atoms. The number of guanidine groups is 1. The third-order valence-corrected chi connectivity index (χ3v) is 4.67. The van der Waals surface area contributed by atoms with Crippen LogP contribution in [0.2, 0.25) is 0 Å². The molecule has 2 rings (SSSR count). The van der Waals surface area contributed by atoms with E-state index >= 15 is 0 Å². The zero-order chi connectivity index (χ0) is 18.8. The number of carbonyl (C=O) groups is 1. The number of aliphatic imine (C=N–C) groups is 1. The van der Waals surface area contributed by atoms with Crippen molar-refractivity contribution in [3.63, 3.8) is 0 Å². The predicted molar refractivity (Wildman–Crippen MR) is 121 cm³/mol. The molecule has 1 aromatic heterocycles. The van der Waals surface area contributed by atoms with Gasteiger partial charge in [0.2, 0.25) is 5.91 Å². The molecule has 5 nitrogen and oxygen atoms in total. The first kappa shape index (κ1) is 23.4. The number of thiophene rings is 1. The Morgan fingerprint density at radius 3 is 2.37 bits per heavy atom. The summed E-state index contributed by atoms with van der Waals surface area (Å²) in [4.78, 5) is 18.9. The maximum atomic E-state index is 13.0. The molecule has 148 valence electrons. The van der Waals surface area contributed by atoms with Crippen LogP contribution in [0.3, 0.4) is 0 Å². The lowest BCUT2D eigenvalue weighted by atomic mass is 10.1. The van der Waals surface area contributed by atoms with Gasteiger partial charge in [0.15, 0.2) is 5.96 Å². The molecular weight excluding hydrogens is 478 g/mol. The average Bonchev–Trinajstić information content (AvgIpc) is 3.14. The Hall–Kier alpha value is -1.68. The summed E-state index contributed by atoms with van der Waals surface area (Å²) in [6.45, 7) is 1.48. The third kappa shape index (κ3) is 9.18. The quantitative estimate of drug-likeness (QED) is 0.330. The first-order valence-corrected chi connectivity index (χ1v) is 9.41. The highest BCUT2D eigenvalue weighted by Crippen LogP contribution is 2.08. The number of benzene rings is 1. The molecule has 27 heavy (non-hydrogen) atoms. The van der Waals surface area contributed by atoms with Crippen molar-refractivity contribution >= 4 is 47.2 Å². The van der Waals surface area contributed by atoms with Gasteiger partial charge in [0.25, 0.3) is 0 Å². The summed E-state index contributed by atoms with van der Waals surface area (Å²) in [5.41, 5.74) is 1.04. The van der Waals surface area contributed by atoms with Crippen LogP contribution in [-0.4, -0.2) is 50.5 Å².